The zero-order chi connectivity index (χ0) is 88.7. The molecule has 0 radical (unpaired) electrons. The molecule has 4 aliphatic heterocycles. The van der Waals surface area contributed by atoms with Gasteiger partial charge in [0.1, 0.15) is 48.4 Å². The van der Waals surface area contributed by atoms with E-state index in [-0.39, 0.29) is 149 Å². The molecule has 8 aromatic carbocycles. The van der Waals surface area contributed by atoms with Gasteiger partial charge in [-0.05, 0) is 255 Å². The number of ether oxygens (including phenoxy) is 4. The first-order valence-electron chi connectivity index (χ1n) is 40.7. The molecule has 666 valence electrons. The van der Waals surface area contributed by atoms with Crippen LogP contribution in [0.1, 0.15) is 140 Å². The van der Waals surface area contributed by atoms with Gasteiger partial charge in [0.15, 0.2) is 85.6 Å². The number of hydrogen-bond donors (Lipinski definition) is 4. The number of hydrogen-bond acceptors (Lipinski definition) is 16. The molecule has 0 spiro atoms. The number of benzene rings is 8. The average molecular weight is 1880 g/mol. The van der Waals surface area contributed by atoms with E-state index in [1.54, 1.807) is 0 Å². The standard InChI is InChI=1S/C22H22ClF4NO3S.C22H23ClF3NO3S.2C22H24ClF2NO3S/c1-21(26,27)12-28-15-8-9-22(32(29,30)16-4-2-14(23)3-5-16)13(10-15)11-31-20-18(25)7-6-17(24)19(20)22;1-13(24)11-27-16-8-9-22(31(28,29)17-4-2-15(23)3-5-17)14(10-16)12-30-21-19(26)7-6-18(25)20(21)22;2*1-2-11-26-16-9-10-22(30(27,28)17-5-3-15(23)4-6-17)14(12-16)13-29-21-19(25)8-7-18(24)20(21)22/h2-7,13,15,28H,8-12H2,1H3;2-7,13-14,16,27H,8-12H2,1H3;2*3-8,14,16,26H,2,9-13H2,1H3/t13-,15-,22+;13?,14-,16-,22+;2*14-,16-,22+/m1111/s1. The summed E-state index contributed by atoms with van der Waals surface area (Å²) in [4.78, 5) is 0.0128. The minimum Gasteiger partial charge on any atom is -0.490 e. The Hall–Kier alpha value is -7.01. The number of sulfone groups is 4. The molecule has 13 atom stereocenters. The summed E-state index contributed by atoms with van der Waals surface area (Å²) in [7, 11) is -16.5. The van der Waals surface area contributed by atoms with Crippen molar-refractivity contribution in [1.29, 1.82) is 0 Å². The van der Waals surface area contributed by atoms with E-state index in [0.717, 1.165) is 81.4 Å². The molecule has 35 heteroatoms. The minimum atomic E-state index is -4.24. The normalized spacial score (nSPS) is 25.9. The van der Waals surface area contributed by atoms with Gasteiger partial charge < -0.3 is 40.2 Å². The first kappa shape index (κ1) is 93.6. The summed E-state index contributed by atoms with van der Waals surface area (Å²) >= 11 is 23.7. The van der Waals surface area contributed by atoms with Crippen LogP contribution in [0.5, 0.6) is 23.0 Å². The second-order valence-electron chi connectivity index (χ2n) is 32.8. The summed E-state index contributed by atoms with van der Waals surface area (Å²) < 4.78 is 286. The maximum Gasteiger partial charge on any atom is 0.257 e. The van der Waals surface area contributed by atoms with E-state index in [0.29, 0.717) is 58.6 Å². The van der Waals surface area contributed by atoms with Gasteiger partial charge in [-0.25, -0.2) is 82.0 Å². The lowest BCUT2D eigenvalue weighted by atomic mass is 9.71. The third-order valence-corrected chi connectivity index (χ3v) is 36.6. The zero-order valence-corrected chi connectivity index (χ0v) is 73.6. The van der Waals surface area contributed by atoms with E-state index >= 15 is 17.6 Å². The number of nitrogens with one attached hydrogen (secondary N) is 4. The molecule has 4 N–H and O–H groups in total. The third-order valence-electron chi connectivity index (χ3n) is 25.2. The molecule has 0 saturated heterocycles. The molecule has 8 aliphatic rings. The van der Waals surface area contributed by atoms with Gasteiger partial charge in [0.25, 0.3) is 5.92 Å². The smallest absolute Gasteiger partial charge is 0.257 e. The van der Waals surface area contributed by atoms with Gasteiger partial charge in [-0.3, -0.25) is 0 Å². The highest BCUT2D eigenvalue weighted by Gasteiger charge is 2.64. The molecule has 123 heavy (non-hydrogen) atoms. The topological polar surface area (TPSA) is 222 Å². The van der Waals surface area contributed by atoms with Crippen molar-refractivity contribution in [3.63, 3.8) is 0 Å². The SMILES string of the molecule is CC(F)(F)CN[C@@H]1CC[C@@]2(S(=O)(=O)c3ccc(Cl)cc3)c3c(F)ccc(F)c3OC[C@H]2C1.CC(F)CN[C@@H]1CC[C@@]2(S(=O)(=O)c3ccc(Cl)cc3)c3c(F)ccc(F)c3OC[C@H]2C1.CCCN[C@@H]1CC[C@@]2(S(=O)(=O)c3ccc(Cl)cc3)c3c(F)ccc(F)c3OC[C@H]2C1.CCCN[C@@H]1CC[C@@]2(S(=O)(=O)c3ccc(Cl)cc3)c3c(F)ccc(F)c3OC[C@H]2C1. The van der Waals surface area contributed by atoms with E-state index in [1.807, 2.05) is 0 Å². The predicted octanol–water partition coefficient (Wildman–Crippen LogP) is 19.6. The van der Waals surface area contributed by atoms with Crippen molar-refractivity contribution in [3.8, 4) is 23.0 Å². The Balaban J connectivity index is 0.000000141. The van der Waals surface area contributed by atoms with Gasteiger partial charge in [0.05, 0.1) is 74.8 Å². The lowest BCUT2D eigenvalue weighted by molar-refractivity contribution is 0.0148. The first-order valence-corrected chi connectivity index (χ1v) is 48.1. The largest absolute Gasteiger partial charge is 0.490 e. The van der Waals surface area contributed by atoms with Gasteiger partial charge in [0.2, 0.25) is 0 Å². The Bertz CT molecular complexity index is 5500. The van der Waals surface area contributed by atoms with Crippen molar-refractivity contribution in [3.05, 3.63) is 234 Å². The van der Waals surface area contributed by atoms with Crippen LogP contribution in [0, 0.1) is 70.2 Å². The zero-order valence-electron chi connectivity index (χ0n) is 67.3. The second kappa shape index (κ2) is 37.4. The van der Waals surface area contributed by atoms with Gasteiger partial charge in [0, 0.05) is 81.4 Å². The molecule has 8 aromatic rings. The molecule has 4 fully saturated rings. The molecule has 1 unspecified atom stereocenters. The molecular weight excluding hydrogens is 1780 g/mol. The van der Waals surface area contributed by atoms with Gasteiger partial charge in [-0.15, -0.1) is 0 Å². The lowest BCUT2D eigenvalue weighted by Crippen LogP contribution is -2.55. The maximum absolute atomic E-state index is 15.1. The van der Waals surface area contributed by atoms with Crippen molar-refractivity contribution in [1.82, 2.24) is 21.3 Å². The van der Waals surface area contributed by atoms with E-state index in [2.05, 4.69) is 35.1 Å². The van der Waals surface area contributed by atoms with Gasteiger partial charge >= 0.3 is 0 Å². The monoisotopic (exact) mass is 1870 g/mol. The van der Waals surface area contributed by atoms with Crippen LogP contribution in [0.2, 0.25) is 20.1 Å². The van der Waals surface area contributed by atoms with Crippen LogP contribution in [0.4, 0.5) is 48.3 Å². The molecule has 4 aliphatic carbocycles. The number of fused-ring (bicyclic) bond motifs is 12. The predicted molar refractivity (Wildman–Crippen MR) is 447 cm³/mol. The quantitative estimate of drug-likeness (QED) is 0.0521. The Morgan fingerprint density at radius 2 is 0.585 bits per heavy atom. The van der Waals surface area contributed by atoms with Crippen LogP contribution in [0.15, 0.2) is 165 Å². The molecule has 16 rings (SSSR count). The number of alkyl halides is 3. The molecule has 16 nitrogen and oxygen atoms in total. The van der Waals surface area contributed by atoms with Crippen LogP contribution in [0.25, 0.3) is 0 Å². The van der Waals surface area contributed by atoms with Crippen LogP contribution >= 0.6 is 46.4 Å². The maximum atomic E-state index is 15.1. The molecular formula is C88H93Cl4F11N4O12S4. The second-order valence-corrected chi connectivity index (χ2v) is 43.4. The molecule has 4 heterocycles. The van der Waals surface area contributed by atoms with E-state index in [9.17, 15) is 64.4 Å². The lowest BCUT2D eigenvalue weighted by Gasteiger charge is -2.49. The summed E-state index contributed by atoms with van der Waals surface area (Å²) in [6.07, 6.45) is 4.31. The third kappa shape index (κ3) is 17.7. The Morgan fingerprint density at radius 1 is 0.366 bits per heavy atom. The van der Waals surface area contributed by atoms with Crippen molar-refractivity contribution in [2.45, 2.75) is 192 Å². The van der Waals surface area contributed by atoms with Crippen LogP contribution in [-0.2, 0) is 58.3 Å². The molecule has 4 saturated carbocycles. The summed E-state index contributed by atoms with van der Waals surface area (Å²) in [5.74, 6) is -13.1. The molecule has 0 bridgehead atoms. The van der Waals surface area contributed by atoms with E-state index in [4.69, 9.17) is 65.4 Å². The van der Waals surface area contributed by atoms with Crippen molar-refractivity contribution in [2.75, 3.05) is 52.6 Å². The molecule has 0 aromatic heterocycles. The van der Waals surface area contributed by atoms with Crippen molar-refractivity contribution in [2.24, 2.45) is 23.7 Å². The average Bonchev–Trinajstić information content (AvgIpc) is 0.716. The van der Waals surface area contributed by atoms with Gasteiger partial charge in [-0.1, -0.05) is 60.3 Å². The minimum absolute atomic E-state index is 0.0119. The van der Waals surface area contributed by atoms with Crippen LogP contribution in [0.3, 0.4) is 0 Å². The fourth-order valence-corrected chi connectivity index (χ4v) is 29.4. The molecule has 0 amide bonds. The fourth-order valence-electron chi connectivity index (χ4n) is 19.5. The van der Waals surface area contributed by atoms with E-state index < -0.39 is 159 Å². The first-order chi connectivity index (χ1) is 58.2. The number of rotatable bonds is 20. The highest BCUT2D eigenvalue weighted by Crippen LogP contribution is 2.62. The van der Waals surface area contributed by atoms with Crippen molar-refractivity contribution >= 4 is 85.8 Å². The summed E-state index contributed by atoms with van der Waals surface area (Å²) in [5.41, 5.74) is -0.940. The Morgan fingerprint density at radius 3 is 0.805 bits per heavy atom. The number of halogens is 15. The van der Waals surface area contributed by atoms with Crippen LogP contribution < -0.4 is 40.2 Å². The highest BCUT2D eigenvalue weighted by molar-refractivity contribution is 7.93. The van der Waals surface area contributed by atoms with E-state index in [1.165, 1.54) is 104 Å². The van der Waals surface area contributed by atoms with Crippen molar-refractivity contribution < 1.29 is 101 Å². The fraction of sp³-hybridized carbons (Fsp3) is 0.455. The van der Waals surface area contributed by atoms with Gasteiger partial charge in [-0.2, -0.15) is 0 Å². The highest BCUT2D eigenvalue weighted by atomic mass is 35.5. The van der Waals surface area contributed by atoms with Crippen LogP contribution in [-0.4, -0.2) is 123 Å². The summed E-state index contributed by atoms with van der Waals surface area (Å²) in [5, 5.41) is 14.3. The Labute approximate surface area is 729 Å². The Kier molecular flexibility index (Phi) is 28.4. The summed E-state index contributed by atoms with van der Waals surface area (Å²) in [6, 6.07) is 30.1. The summed E-state index contributed by atoms with van der Waals surface area (Å²) in [6.45, 7) is 7.31.